The molecule has 3 rings (SSSR count). The number of esters is 1. The quantitative estimate of drug-likeness (QED) is 0.716. The molecule has 0 amide bonds. The molecule has 0 aromatic heterocycles. The fourth-order valence-electron chi connectivity index (χ4n) is 7.65. The highest BCUT2D eigenvalue weighted by Crippen LogP contribution is 2.69. The van der Waals surface area contributed by atoms with Crippen LogP contribution in [0.15, 0.2) is 0 Å². The molecule has 0 radical (unpaired) electrons. The normalized spacial score (nSPS) is 49.0. The average molecular weight is 351 g/mol. The van der Waals surface area contributed by atoms with E-state index in [0.29, 0.717) is 23.4 Å². The lowest BCUT2D eigenvalue weighted by Gasteiger charge is -2.67. The highest BCUT2D eigenvalue weighted by molar-refractivity contribution is 5.65. The monoisotopic (exact) mass is 350 g/mol. The van der Waals surface area contributed by atoms with Crippen molar-refractivity contribution in [2.45, 2.75) is 92.1 Å². The van der Waals surface area contributed by atoms with E-state index >= 15 is 0 Å². The van der Waals surface area contributed by atoms with Crippen molar-refractivity contribution in [3.63, 3.8) is 0 Å². The SMILES string of the molecule is CC(=O)OC[C@@H]1C(C)(O)CC[C@H]2[C@@]1(C)CC[C@H]1C(C)(C)CCC[C@]21C. The summed E-state index contributed by atoms with van der Waals surface area (Å²) in [5.41, 5.74) is 0.0728. The molecule has 0 heterocycles. The molecule has 1 unspecified atom stereocenters. The van der Waals surface area contributed by atoms with E-state index in [2.05, 4.69) is 27.7 Å². The predicted octanol–water partition coefficient (Wildman–Crippen LogP) is 4.96. The largest absolute Gasteiger partial charge is 0.465 e. The second-order valence-corrected chi connectivity index (χ2v) is 10.7. The van der Waals surface area contributed by atoms with Gasteiger partial charge in [0.1, 0.15) is 0 Å². The number of carbonyl (C=O) groups excluding carboxylic acids is 1. The maximum absolute atomic E-state index is 11.4. The third kappa shape index (κ3) is 2.95. The van der Waals surface area contributed by atoms with Gasteiger partial charge in [-0.3, -0.25) is 4.79 Å². The summed E-state index contributed by atoms with van der Waals surface area (Å²) >= 11 is 0. The molecule has 6 atom stereocenters. The molecule has 3 fully saturated rings. The van der Waals surface area contributed by atoms with E-state index < -0.39 is 5.60 Å². The Morgan fingerprint density at radius 2 is 1.60 bits per heavy atom. The lowest BCUT2D eigenvalue weighted by atomic mass is 9.38. The van der Waals surface area contributed by atoms with Gasteiger partial charge in [0.2, 0.25) is 0 Å². The van der Waals surface area contributed by atoms with Crippen molar-refractivity contribution < 1.29 is 14.6 Å². The lowest BCUT2D eigenvalue weighted by molar-refractivity contribution is -0.220. The molecule has 25 heavy (non-hydrogen) atoms. The zero-order valence-corrected chi connectivity index (χ0v) is 17.2. The predicted molar refractivity (Wildman–Crippen MR) is 100 cm³/mol. The smallest absolute Gasteiger partial charge is 0.302 e. The van der Waals surface area contributed by atoms with Crippen LogP contribution in [0.2, 0.25) is 0 Å². The van der Waals surface area contributed by atoms with Crippen molar-refractivity contribution in [3.8, 4) is 0 Å². The molecule has 3 saturated carbocycles. The van der Waals surface area contributed by atoms with Gasteiger partial charge in [-0.05, 0) is 73.5 Å². The van der Waals surface area contributed by atoms with Crippen LogP contribution in [-0.4, -0.2) is 23.3 Å². The van der Waals surface area contributed by atoms with Gasteiger partial charge in [0.15, 0.2) is 0 Å². The van der Waals surface area contributed by atoms with Crippen LogP contribution in [0.5, 0.6) is 0 Å². The molecule has 0 aliphatic heterocycles. The van der Waals surface area contributed by atoms with E-state index in [0.717, 1.165) is 25.2 Å². The first-order chi connectivity index (χ1) is 11.4. The van der Waals surface area contributed by atoms with Crippen molar-refractivity contribution in [1.82, 2.24) is 0 Å². The summed E-state index contributed by atoms with van der Waals surface area (Å²) in [5, 5.41) is 11.1. The van der Waals surface area contributed by atoms with Crippen molar-refractivity contribution >= 4 is 5.97 Å². The zero-order chi connectivity index (χ0) is 18.7. The van der Waals surface area contributed by atoms with E-state index in [1.54, 1.807) is 0 Å². The summed E-state index contributed by atoms with van der Waals surface area (Å²) in [4.78, 5) is 11.4. The average Bonchev–Trinajstić information content (AvgIpc) is 2.43. The Labute approximate surface area is 153 Å². The number of rotatable bonds is 2. The van der Waals surface area contributed by atoms with Crippen molar-refractivity contribution in [2.75, 3.05) is 6.61 Å². The van der Waals surface area contributed by atoms with E-state index in [4.69, 9.17) is 4.74 Å². The third-order valence-corrected chi connectivity index (χ3v) is 8.78. The van der Waals surface area contributed by atoms with Crippen LogP contribution in [0.4, 0.5) is 0 Å². The minimum absolute atomic E-state index is 0.0328. The molecular formula is C22H38O3. The molecule has 3 heteroatoms. The first kappa shape index (κ1) is 19.2. The Balaban J connectivity index is 1.96. The van der Waals surface area contributed by atoms with Crippen molar-refractivity contribution in [2.24, 2.45) is 34.0 Å². The van der Waals surface area contributed by atoms with Gasteiger partial charge in [-0.1, -0.05) is 34.1 Å². The number of hydrogen-bond acceptors (Lipinski definition) is 3. The van der Waals surface area contributed by atoms with Gasteiger partial charge in [0, 0.05) is 12.8 Å². The first-order valence-electron chi connectivity index (χ1n) is 10.3. The molecule has 3 aliphatic rings. The molecular weight excluding hydrogens is 312 g/mol. The van der Waals surface area contributed by atoms with Crippen molar-refractivity contribution in [3.05, 3.63) is 0 Å². The highest BCUT2D eigenvalue weighted by Gasteiger charge is 2.64. The Bertz CT molecular complexity index is 537. The minimum Gasteiger partial charge on any atom is -0.465 e. The fourth-order valence-corrected chi connectivity index (χ4v) is 7.65. The Kier molecular flexibility index (Phi) is 4.59. The standard InChI is InChI=1S/C22H38O3/c1-15(23)25-14-18-21(5)12-8-16-19(2,3)10-7-11-20(16,4)17(21)9-13-22(18,6)24/h16-18,24H,7-14H2,1-6H3/t16-,17+,18-,20-,21+,22?/m0/s1. The van der Waals surface area contributed by atoms with Gasteiger partial charge in [-0.25, -0.2) is 0 Å². The van der Waals surface area contributed by atoms with Crippen molar-refractivity contribution in [1.29, 1.82) is 0 Å². The summed E-state index contributed by atoms with van der Waals surface area (Å²) in [6.45, 7) is 13.6. The summed E-state index contributed by atoms with van der Waals surface area (Å²) in [6.07, 6.45) is 8.27. The second-order valence-electron chi connectivity index (χ2n) is 10.7. The number of aliphatic hydroxyl groups is 1. The molecule has 0 aromatic rings. The molecule has 0 saturated heterocycles. The number of ether oxygens (including phenoxy) is 1. The summed E-state index contributed by atoms with van der Waals surface area (Å²) in [7, 11) is 0. The van der Waals surface area contributed by atoms with Crippen LogP contribution in [0.25, 0.3) is 0 Å². The lowest BCUT2D eigenvalue weighted by Crippen LogP contribution is -2.63. The van der Waals surface area contributed by atoms with E-state index in [1.165, 1.54) is 32.6 Å². The molecule has 3 aliphatic carbocycles. The van der Waals surface area contributed by atoms with Crippen LogP contribution in [-0.2, 0) is 9.53 Å². The van der Waals surface area contributed by atoms with Crippen LogP contribution in [0.3, 0.4) is 0 Å². The van der Waals surface area contributed by atoms with Crippen LogP contribution in [0.1, 0.15) is 86.5 Å². The number of hydrogen-bond donors (Lipinski definition) is 1. The molecule has 3 nitrogen and oxygen atoms in total. The van der Waals surface area contributed by atoms with Gasteiger partial charge >= 0.3 is 5.97 Å². The maximum Gasteiger partial charge on any atom is 0.302 e. The third-order valence-electron chi connectivity index (χ3n) is 8.78. The van der Waals surface area contributed by atoms with E-state index in [1.807, 2.05) is 6.92 Å². The van der Waals surface area contributed by atoms with Gasteiger partial charge in [0.05, 0.1) is 12.2 Å². The molecule has 1 N–H and O–H groups in total. The highest BCUT2D eigenvalue weighted by atomic mass is 16.5. The Hall–Kier alpha value is -0.570. The summed E-state index contributed by atoms with van der Waals surface area (Å²) < 4.78 is 5.44. The fraction of sp³-hybridized carbons (Fsp3) is 0.955. The van der Waals surface area contributed by atoms with Gasteiger partial charge in [-0.2, -0.15) is 0 Å². The number of fused-ring (bicyclic) bond motifs is 3. The summed E-state index contributed by atoms with van der Waals surface area (Å²) in [5.74, 6) is 1.18. The Morgan fingerprint density at radius 3 is 2.24 bits per heavy atom. The van der Waals surface area contributed by atoms with E-state index in [9.17, 15) is 9.90 Å². The van der Waals surface area contributed by atoms with E-state index in [-0.39, 0.29) is 17.3 Å². The van der Waals surface area contributed by atoms with Crippen LogP contribution >= 0.6 is 0 Å². The van der Waals surface area contributed by atoms with Crippen LogP contribution in [0, 0.1) is 34.0 Å². The minimum atomic E-state index is -0.742. The van der Waals surface area contributed by atoms with Gasteiger partial charge < -0.3 is 9.84 Å². The summed E-state index contributed by atoms with van der Waals surface area (Å²) in [6, 6.07) is 0. The second kappa shape index (κ2) is 5.97. The zero-order valence-electron chi connectivity index (χ0n) is 17.2. The number of carbonyl (C=O) groups is 1. The Morgan fingerprint density at radius 1 is 0.960 bits per heavy atom. The molecule has 0 aromatic carbocycles. The van der Waals surface area contributed by atoms with Gasteiger partial charge in [-0.15, -0.1) is 0 Å². The molecule has 0 bridgehead atoms. The van der Waals surface area contributed by atoms with Crippen LogP contribution < -0.4 is 0 Å². The topological polar surface area (TPSA) is 46.5 Å². The maximum atomic E-state index is 11.4. The molecule has 0 spiro atoms. The first-order valence-corrected chi connectivity index (χ1v) is 10.3. The van der Waals surface area contributed by atoms with Gasteiger partial charge in [0.25, 0.3) is 0 Å². The molecule has 144 valence electrons.